The van der Waals surface area contributed by atoms with E-state index in [1.807, 2.05) is 26.0 Å². The first-order chi connectivity index (χ1) is 8.52. The van der Waals surface area contributed by atoms with Crippen molar-refractivity contribution in [3.8, 4) is 0 Å². The molecule has 2 rings (SSSR count). The molecular formula is C15H19FO2. The second kappa shape index (κ2) is 5.09. The number of carbonyl (C=O) groups is 1. The number of aryl methyl sites for hydroxylation is 1. The van der Waals surface area contributed by atoms with E-state index in [1.54, 1.807) is 6.07 Å². The standard InChI is InChI=1S/C15H19FO2/c1-9-4-5-12(14(16)6-9)10(2)7-11-8-13(11)15(17)18-3/h4-6,10-11,13H,7-8H2,1-3H3. The molecule has 3 unspecified atom stereocenters. The van der Waals surface area contributed by atoms with E-state index < -0.39 is 0 Å². The third kappa shape index (κ3) is 2.71. The zero-order valence-corrected chi connectivity index (χ0v) is 11.1. The van der Waals surface area contributed by atoms with Crippen LogP contribution in [0.25, 0.3) is 0 Å². The van der Waals surface area contributed by atoms with Gasteiger partial charge in [-0.3, -0.25) is 4.79 Å². The Labute approximate surface area is 107 Å². The van der Waals surface area contributed by atoms with Crippen LogP contribution in [0.1, 0.15) is 36.8 Å². The average molecular weight is 250 g/mol. The van der Waals surface area contributed by atoms with Crippen LogP contribution in [0.2, 0.25) is 0 Å². The molecule has 3 heteroatoms. The molecule has 0 aromatic heterocycles. The van der Waals surface area contributed by atoms with Crippen molar-refractivity contribution in [1.29, 1.82) is 0 Å². The van der Waals surface area contributed by atoms with Gasteiger partial charge in [-0.05, 0) is 48.8 Å². The first kappa shape index (κ1) is 13.1. The number of halogens is 1. The van der Waals surface area contributed by atoms with E-state index in [4.69, 9.17) is 4.74 Å². The Bertz CT molecular complexity index is 456. The van der Waals surface area contributed by atoms with E-state index >= 15 is 0 Å². The summed E-state index contributed by atoms with van der Waals surface area (Å²) in [5.41, 5.74) is 1.68. The zero-order chi connectivity index (χ0) is 13.3. The zero-order valence-electron chi connectivity index (χ0n) is 11.1. The molecule has 1 aromatic rings. The Morgan fingerprint density at radius 3 is 2.89 bits per heavy atom. The molecule has 0 saturated heterocycles. The Hall–Kier alpha value is -1.38. The normalized spacial score (nSPS) is 23.6. The summed E-state index contributed by atoms with van der Waals surface area (Å²) in [5, 5.41) is 0. The van der Waals surface area contributed by atoms with Gasteiger partial charge in [-0.15, -0.1) is 0 Å². The number of esters is 1. The van der Waals surface area contributed by atoms with E-state index in [0.717, 1.165) is 24.0 Å². The molecule has 0 radical (unpaired) electrons. The third-order valence-corrected chi connectivity index (χ3v) is 3.77. The highest BCUT2D eigenvalue weighted by atomic mass is 19.1. The lowest BCUT2D eigenvalue weighted by Crippen LogP contribution is -2.06. The lowest BCUT2D eigenvalue weighted by Gasteiger charge is -2.13. The Kier molecular flexibility index (Phi) is 3.69. The highest BCUT2D eigenvalue weighted by Crippen LogP contribution is 2.45. The fourth-order valence-corrected chi connectivity index (χ4v) is 2.56. The molecule has 1 aromatic carbocycles. The molecule has 1 saturated carbocycles. The molecule has 98 valence electrons. The van der Waals surface area contributed by atoms with Gasteiger partial charge in [0.25, 0.3) is 0 Å². The van der Waals surface area contributed by atoms with Gasteiger partial charge in [0.2, 0.25) is 0 Å². The van der Waals surface area contributed by atoms with Gasteiger partial charge in [0.1, 0.15) is 5.82 Å². The Morgan fingerprint density at radius 1 is 1.56 bits per heavy atom. The largest absolute Gasteiger partial charge is 0.469 e. The first-order valence-electron chi connectivity index (χ1n) is 6.36. The second-order valence-corrected chi connectivity index (χ2v) is 5.29. The predicted molar refractivity (Wildman–Crippen MR) is 67.8 cm³/mol. The minimum atomic E-state index is -0.141. The van der Waals surface area contributed by atoms with Crippen molar-refractivity contribution < 1.29 is 13.9 Å². The first-order valence-corrected chi connectivity index (χ1v) is 6.36. The van der Waals surface area contributed by atoms with E-state index in [2.05, 4.69) is 0 Å². The van der Waals surface area contributed by atoms with E-state index in [-0.39, 0.29) is 23.6 Å². The van der Waals surface area contributed by atoms with Crippen LogP contribution >= 0.6 is 0 Å². The Balaban J connectivity index is 1.97. The molecule has 0 aliphatic heterocycles. The summed E-state index contributed by atoms with van der Waals surface area (Å²) < 4.78 is 18.5. The van der Waals surface area contributed by atoms with Crippen LogP contribution in [-0.4, -0.2) is 13.1 Å². The number of ether oxygens (including phenoxy) is 1. The summed E-state index contributed by atoms with van der Waals surface area (Å²) in [4.78, 5) is 11.3. The van der Waals surface area contributed by atoms with E-state index in [1.165, 1.54) is 7.11 Å². The molecule has 0 amide bonds. The maximum absolute atomic E-state index is 13.8. The molecule has 1 aliphatic rings. The van der Waals surface area contributed by atoms with Gasteiger partial charge in [-0.2, -0.15) is 0 Å². The molecule has 0 spiro atoms. The van der Waals surface area contributed by atoms with Crippen molar-refractivity contribution in [3.63, 3.8) is 0 Å². The molecular weight excluding hydrogens is 231 g/mol. The SMILES string of the molecule is COC(=O)C1CC1CC(C)c1ccc(C)cc1F. The van der Waals surface area contributed by atoms with Gasteiger partial charge in [0, 0.05) is 0 Å². The monoisotopic (exact) mass is 250 g/mol. The maximum atomic E-state index is 13.8. The van der Waals surface area contributed by atoms with Crippen LogP contribution < -0.4 is 0 Å². The fraction of sp³-hybridized carbons (Fsp3) is 0.533. The summed E-state index contributed by atoms with van der Waals surface area (Å²) in [6.07, 6.45) is 1.73. The van der Waals surface area contributed by atoms with Gasteiger partial charge in [0.15, 0.2) is 0 Å². The van der Waals surface area contributed by atoms with Crippen LogP contribution in [0.15, 0.2) is 18.2 Å². The highest BCUT2D eigenvalue weighted by Gasteiger charge is 2.44. The van der Waals surface area contributed by atoms with Crippen LogP contribution in [0.3, 0.4) is 0 Å². The number of hydrogen-bond acceptors (Lipinski definition) is 2. The van der Waals surface area contributed by atoms with Crippen LogP contribution in [0, 0.1) is 24.6 Å². The topological polar surface area (TPSA) is 26.3 Å². The molecule has 1 fully saturated rings. The van der Waals surface area contributed by atoms with Gasteiger partial charge in [-0.25, -0.2) is 4.39 Å². The van der Waals surface area contributed by atoms with Crippen LogP contribution in [-0.2, 0) is 9.53 Å². The quantitative estimate of drug-likeness (QED) is 0.765. The van der Waals surface area contributed by atoms with Gasteiger partial charge in [-0.1, -0.05) is 19.1 Å². The van der Waals surface area contributed by atoms with Crippen molar-refractivity contribution in [2.24, 2.45) is 11.8 Å². The van der Waals surface area contributed by atoms with Crippen molar-refractivity contribution in [1.82, 2.24) is 0 Å². The van der Waals surface area contributed by atoms with E-state index in [9.17, 15) is 9.18 Å². The van der Waals surface area contributed by atoms with Crippen molar-refractivity contribution in [3.05, 3.63) is 35.1 Å². The Morgan fingerprint density at radius 2 is 2.28 bits per heavy atom. The lowest BCUT2D eigenvalue weighted by molar-refractivity contribution is -0.142. The summed E-state index contributed by atoms with van der Waals surface area (Å²) >= 11 is 0. The lowest BCUT2D eigenvalue weighted by atomic mass is 9.93. The van der Waals surface area contributed by atoms with Crippen LogP contribution in [0.4, 0.5) is 4.39 Å². The summed E-state index contributed by atoms with van der Waals surface area (Å²) in [6.45, 7) is 3.89. The van der Waals surface area contributed by atoms with Gasteiger partial charge < -0.3 is 4.74 Å². The molecule has 0 heterocycles. The molecule has 3 atom stereocenters. The van der Waals surface area contributed by atoms with Gasteiger partial charge >= 0.3 is 5.97 Å². The minimum absolute atomic E-state index is 0.0333. The van der Waals surface area contributed by atoms with Crippen molar-refractivity contribution in [2.45, 2.75) is 32.6 Å². The molecule has 0 N–H and O–H groups in total. The number of carbonyl (C=O) groups excluding carboxylic acids is 1. The van der Waals surface area contributed by atoms with Crippen LogP contribution in [0.5, 0.6) is 0 Å². The van der Waals surface area contributed by atoms with Gasteiger partial charge in [0.05, 0.1) is 13.0 Å². The summed E-state index contributed by atoms with van der Waals surface area (Å²) in [5.74, 6) is 0.263. The summed E-state index contributed by atoms with van der Waals surface area (Å²) in [6, 6.07) is 5.35. The molecule has 0 bridgehead atoms. The summed E-state index contributed by atoms with van der Waals surface area (Å²) in [7, 11) is 1.42. The number of rotatable bonds is 4. The second-order valence-electron chi connectivity index (χ2n) is 5.29. The van der Waals surface area contributed by atoms with Crippen molar-refractivity contribution in [2.75, 3.05) is 7.11 Å². The smallest absolute Gasteiger partial charge is 0.308 e. The fourth-order valence-electron chi connectivity index (χ4n) is 2.56. The predicted octanol–water partition coefficient (Wildman–Crippen LogP) is 3.44. The molecule has 18 heavy (non-hydrogen) atoms. The third-order valence-electron chi connectivity index (χ3n) is 3.77. The number of benzene rings is 1. The maximum Gasteiger partial charge on any atom is 0.308 e. The van der Waals surface area contributed by atoms with Crippen molar-refractivity contribution >= 4 is 5.97 Å². The minimum Gasteiger partial charge on any atom is -0.469 e. The number of hydrogen-bond donors (Lipinski definition) is 0. The number of methoxy groups -OCH3 is 1. The van der Waals surface area contributed by atoms with E-state index in [0.29, 0.717) is 5.92 Å². The molecule has 2 nitrogen and oxygen atoms in total. The average Bonchev–Trinajstić information content (AvgIpc) is 3.07. The molecule has 1 aliphatic carbocycles. The highest BCUT2D eigenvalue weighted by molar-refractivity contribution is 5.75.